The molecule has 0 bridgehead atoms. The Labute approximate surface area is 191 Å². The van der Waals surface area contributed by atoms with E-state index >= 15 is 0 Å². The molecular weight excluding hydrogens is 451 g/mol. The summed E-state index contributed by atoms with van der Waals surface area (Å²) in [4.78, 5) is 12.7. The molecule has 10 heteroatoms. The molecule has 0 unspecified atom stereocenters. The van der Waals surface area contributed by atoms with Crippen molar-refractivity contribution in [2.24, 2.45) is 0 Å². The first-order valence-electron chi connectivity index (χ1n) is 9.73. The smallest absolute Gasteiger partial charge is 0.264 e. The molecule has 33 heavy (non-hydrogen) atoms. The molecule has 0 heterocycles. The molecule has 1 N–H and O–H groups in total. The van der Waals surface area contributed by atoms with E-state index in [4.69, 9.17) is 14.2 Å². The van der Waals surface area contributed by atoms with Crippen molar-refractivity contribution < 1.29 is 31.8 Å². The summed E-state index contributed by atoms with van der Waals surface area (Å²) in [6, 6.07) is 15.6. The van der Waals surface area contributed by atoms with Crippen molar-refractivity contribution in [2.45, 2.75) is 4.90 Å². The Morgan fingerprint density at radius 2 is 1.58 bits per heavy atom. The minimum atomic E-state index is -4.28. The van der Waals surface area contributed by atoms with Gasteiger partial charge in [0.25, 0.3) is 10.0 Å². The molecule has 174 valence electrons. The summed E-state index contributed by atoms with van der Waals surface area (Å²) in [5.41, 5.74) is 0.101. The SMILES string of the molecule is COc1ccc(S(=O)(=O)N(CC(=O)Nc2ccc(OC)c(OC)c2)c2ccccc2F)cc1. The van der Waals surface area contributed by atoms with Gasteiger partial charge in [-0.05, 0) is 48.5 Å². The maximum Gasteiger partial charge on any atom is 0.264 e. The lowest BCUT2D eigenvalue weighted by Gasteiger charge is -2.24. The number of para-hydroxylation sites is 1. The summed E-state index contributed by atoms with van der Waals surface area (Å²) >= 11 is 0. The standard InChI is InChI=1S/C23H23FN2O6S/c1-30-17-9-11-18(12-10-17)33(28,29)26(20-7-5-4-6-19(20)24)15-23(27)25-16-8-13-21(31-2)22(14-16)32-3/h4-14H,15H2,1-3H3,(H,25,27). The van der Waals surface area contributed by atoms with Crippen LogP contribution in [0.3, 0.4) is 0 Å². The van der Waals surface area contributed by atoms with E-state index in [2.05, 4.69) is 5.32 Å². The van der Waals surface area contributed by atoms with Gasteiger partial charge in [-0.1, -0.05) is 12.1 Å². The van der Waals surface area contributed by atoms with E-state index in [-0.39, 0.29) is 10.6 Å². The molecule has 0 spiro atoms. The predicted octanol–water partition coefficient (Wildman–Crippen LogP) is 3.69. The van der Waals surface area contributed by atoms with Crippen molar-refractivity contribution in [1.29, 1.82) is 0 Å². The molecule has 8 nitrogen and oxygen atoms in total. The normalized spacial score (nSPS) is 10.9. The molecule has 0 radical (unpaired) electrons. The fourth-order valence-electron chi connectivity index (χ4n) is 3.07. The summed E-state index contributed by atoms with van der Waals surface area (Å²) in [7, 11) is 0.0996. The first kappa shape index (κ1) is 23.9. The van der Waals surface area contributed by atoms with E-state index in [1.807, 2.05) is 0 Å². The Hall–Kier alpha value is -3.79. The van der Waals surface area contributed by atoms with E-state index in [0.29, 0.717) is 22.9 Å². The summed E-state index contributed by atoms with van der Waals surface area (Å²) in [5.74, 6) is -0.161. The molecule has 0 saturated heterocycles. The number of carbonyl (C=O) groups excluding carboxylic acids is 1. The number of methoxy groups -OCH3 is 3. The summed E-state index contributed by atoms with van der Waals surface area (Å²) < 4.78 is 57.5. The van der Waals surface area contributed by atoms with Crippen LogP contribution in [0.5, 0.6) is 17.2 Å². The largest absolute Gasteiger partial charge is 0.497 e. The van der Waals surface area contributed by atoms with Gasteiger partial charge in [-0.2, -0.15) is 0 Å². The minimum Gasteiger partial charge on any atom is -0.497 e. The highest BCUT2D eigenvalue weighted by molar-refractivity contribution is 7.92. The van der Waals surface area contributed by atoms with E-state index in [0.717, 1.165) is 10.4 Å². The van der Waals surface area contributed by atoms with Gasteiger partial charge in [0.05, 0.1) is 31.9 Å². The lowest BCUT2D eigenvalue weighted by Crippen LogP contribution is -2.38. The van der Waals surface area contributed by atoms with Gasteiger partial charge in [-0.3, -0.25) is 9.10 Å². The number of hydrogen-bond acceptors (Lipinski definition) is 6. The highest BCUT2D eigenvalue weighted by atomic mass is 32.2. The number of amides is 1. The van der Waals surface area contributed by atoms with Crippen molar-refractivity contribution >= 4 is 27.3 Å². The van der Waals surface area contributed by atoms with Crippen molar-refractivity contribution in [3.8, 4) is 17.2 Å². The van der Waals surface area contributed by atoms with Crippen LogP contribution in [0.2, 0.25) is 0 Å². The van der Waals surface area contributed by atoms with Crippen molar-refractivity contribution in [2.75, 3.05) is 37.5 Å². The molecule has 0 fully saturated rings. The lowest BCUT2D eigenvalue weighted by molar-refractivity contribution is -0.114. The second kappa shape index (κ2) is 10.2. The number of hydrogen-bond donors (Lipinski definition) is 1. The van der Waals surface area contributed by atoms with Crippen LogP contribution < -0.4 is 23.8 Å². The van der Waals surface area contributed by atoms with Crippen molar-refractivity contribution in [1.82, 2.24) is 0 Å². The molecule has 0 aromatic heterocycles. The van der Waals surface area contributed by atoms with Gasteiger partial charge in [0.2, 0.25) is 5.91 Å². The molecule has 1 amide bonds. The van der Waals surface area contributed by atoms with Gasteiger partial charge in [0.1, 0.15) is 18.1 Å². The summed E-state index contributed by atoms with van der Waals surface area (Å²) in [6.07, 6.45) is 0. The number of rotatable bonds is 9. The van der Waals surface area contributed by atoms with Crippen LogP contribution in [-0.2, 0) is 14.8 Å². The maximum atomic E-state index is 14.6. The Morgan fingerprint density at radius 3 is 2.18 bits per heavy atom. The van der Waals surface area contributed by atoms with Crippen LogP contribution in [0.25, 0.3) is 0 Å². The average molecular weight is 475 g/mol. The zero-order chi connectivity index (χ0) is 24.0. The summed E-state index contributed by atoms with van der Waals surface area (Å²) in [5, 5.41) is 2.61. The number of ether oxygens (including phenoxy) is 3. The minimum absolute atomic E-state index is 0.120. The molecular formula is C23H23FN2O6S. The van der Waals surface area contributed by atoms with Gasteiger partial charge in [0, 0.05) is 11.8 Å². The van der Waals surface area contributed by atoms with Gasteiger partial charge in [0.15, 0.2) is 11.5 Å². The number of halogens is 1. The molecule has 3 aromatic rings. The fourth-order valence-corrected chi connectivity index (χ4v) is 4.50. The van der Waals surface area contributed by atoms with Crippen LogP contribution in [0, 0.1) is 5.82 Å². The zero-order valence-corrected chi connectivity index (χ0v) is 19.1. The number of anilines is 2. The van der Waals surface area contributed by atoms with Crippen LogP contribution in [0.1, 0.15) is 0 Å². The first-order valence-corrected chi connectivity index (χ1v) is 11.2. The second-order valence-electron chi connectivity index (χ2n) is 6.76. The van der Waals surface area contributed by atoms with Crippen LogP contribution in [-0.4, -0.2) is 42.2 Å². The topological polar surface area (TPSA) is 94.2 Å². The highest BCUT2D eigenvalue weighted by Crippen LogP contribution is 2.30. The third-order valence-electron chi connectivity index (χ3n) is 4.72. The van der Waals surface area contributed by atoms with E-state index in [1.54, 1.807) is 12.1 Å². The summed E-state index contributed by atoms with van der Waals surface area (Å²) in [6.45, 7) is -0.663. The van der Waals surface area contributed by atoms with Crippen molar-refractivity contribution in [3.05, 3.63) is 72.5 Å². The van der Waals surface area contributed by atoms with Gasteiger partial charge in [-0.25, -0.2) is 12.8 Å². The third kappa shape index (κ3) is 5.35. The Kier molecular flexibility index (Phi) is 7.39. The van der Waals surface area contributed by atoms with Crippen LogP contribution in [0.15, 0.2) is 71.6 Å². The molecule has 3 rings (SSSR count). The van der Waals surface area contributed by atoms with Gasteiger partial charge < -0.3 is 19.5 Å². The van der Waals surface area contributed by atoms with Crippen molar-refractivity contribution in [3.63, 3.8) is 0 Å². The Morgan fingerprint density at radius 1 is 0.909 bits per heavy atom. The zero-order valence-electron chi connectivity index (χ0n) is 18.2. The number of benzene rings is 3. The number of sulfonamides is 1. The average Bonchev–Trinajstić information content (AvgIpc) is 2.83. The number of nitrogens with one attached hydrogen (secondary N) is 1. The fraction of sp³-hybridized carbons (Fsp3) is 0.174. The highest BCUT2D eigenvalue weighted by Gasteiger charge is 2.29. The first-order chi connectivity index (χ1) is 15.8. The Balaban J connectivity index is 1.93. The van der Waals surface area contributed by atoms with Gasteiger partial charge in [-0.15, -0.1) is 0 Å². The lowest BCUT2D eigenvalue weighted by atomic mass is 10.2. The van der Waals surface area contributed by atoms with E-state index < -0.39 is 28.3 Å². The molecule has 0 aliphatic carbocycles. The molecule has 3 aromatic carbocycles. The second-order valence-corrected chi connectivity index (χ2v) is 8.62. The third-order valence-corrected chi connectivity index (χ3v) is 6.50. The Bertz CT molecular complexity index is 1230. The number of carbonyl (C=O) groups is 1. The van der Waals surface area contributed by atoms with Gasteiger partial charge >= 0.3 is 0 Å². The predicted molar refractivity (Wildman–Crippen MR) is 122 cm³/mol. The molecule has 0 aliphatic rings. The molecule has 0 aliphatic heterocycles. The quantitative estimate of drug-likeness (QED) is 0.509. The number of nitrogens with zero attached hydrogens (tertiary/aromatic N) is 1. The molecule has 0 atom stereocenters. The maximum absolute atomic E-state index is 14.6. The van der Waals surface area contributed by atoms with Crippen LogP contribution in [0.4, 0.5) is 15.8 Å². The van der Waals surface area contributed by atoms with Crippen LogP contribution >= 0.6 is 0 Å². The monoisotopic (exact) mass is 474 g/mol. The van der Waals surface area contributed by atoms with E-state index in [1.165, 1.54) is 69.9 Å². The molecule has 0 saturated carbocycles. The van der Waals surface area contributed by atoms with E-state index in [9.17, 15) is 17.6 Å².